The molecule has 0 saturated heterocycles. The second-order valence-electron chi connectivity index (χ2n) is 8.13. The number of anilines is 1. The van der Waals surface area contributed by atoms with Crippen molar-refractivity contribution >= 4 is 49.1 Å². The molecule has 3 nitrogen and oxygen atoms in total. The Balaban J connectivity index is 1.46. The molecule has 0 radical (unpaired) electrons. The Morgan fingerprint density at radius 1 is 1.06 bits per heavy atom. The lowest BCUT2D eigenvalue weighted by molar-refractivity contribution is 0.282. The van der Waals surface area contributed by atoms with Crippen molar-refractivity contribution in [3.63, 3.8) is 0 Å². The van der Waals surface area contributed by atoms with Crippen molar-refractivity contribution in [3.8, 4) is 11.5 Å². The van der Waals surface area contributed by atoms with E-state index in [4.69, 9.17) is 21.1 Å². The smallest absolute Gasteiger partial charge is 0.175 e. The molecule has 3 aromatic carbocycles. The molecule has 0 fully saturated rings. The summed E-state index contributed by atoms with van der Waals surface area (Å²) in [6.07, 6.45) is 5.69. The van der Waals surface area contributed by atoms with Crippen LogP contribution in [0.3, 0.4) is 0 Å². The Hall–Kier alpha value is -1.95. The van der Waals surface area contributed by atoms with Crippen LogP contribution in [0.5, 0.6) is 11.5 Å². The second kappa shape index (κ2) is 9.12. The first-order valence-electron chi connectivity index (χ1n) is 10.5. The van der Waals surface area contributed by atoms with Crippen LogP contribution in [-0.4, -0.2) is 7.11 Å². The Morgan fingerprint density at radius 2 is 1.88 bits per heavy atom. The highest BCUT2D eigenvalue weighted by molar-refractivity contribution is 9.11. The van der Waals surface area contributed by atoms with Gasteiger partial charge in [-0.3, -0.25) is 0 Å². The molecule has 1 aliphatic heterocycles. The number of rotatable bonds is 5. The average Bonchev–Trinajstić information content (AvgIpc) is 3.29. The van der Waals surface area contributed by atoms with Gasteiger partial charge in [0.1, 0.15) is 6.61 Å². The summed E-state index contributed by atoms with van der Waals surface area (Å²) in [5, 5.41) is 4.51. The highest BCUT2D eigenvalue weighted by atomic mass is 79.9. The first-order valence-corrected chi connectivity index (χ1v) is 12.5. The Bertz CT molecular complexity index is 1180. The van der Waals surface area contributed by atoms with Gasteiger partial charge >= 0.3 is 0 Å². The molecule has 1 aliphatic carbocycles. The largest absolute Gasteiger partial charge is 0.493 e. The Morgan fingerprint density at radius 3 is 2.66 bits per heavy atom. The molecule has 3 atom stereocenters. The van der Waals surface area contributed by atoms with Crippen molar-refractivity contribution in [1.29, 1.82) is 0 Å². The van der Waals surface area contributed by atoms with Crippen LogP contribution in [0.25, 0.3) is 0 Å². The van der Waals surface area contributed by atoms with E-state index in [0.29, 0.717) is 35.0 Å². The van der Waals surface area contributed by atoms with Crippen LogP contribution >= 0.6 is 43.5 Å². The lowest BCUT2D eigenvalue weighted by Crippen LogP contribution is -2.29. The van der Waals surface area contributed by atoms with E-state index in [0.717, 1.165) is 20.9 Å². The minimum atomic E-state index is 0.164. The molecule has 0 aromatic heterocycles. The van der Waals surface area contributed by atoms with Gasteiger partial charge in [-0.05, 0) is 91.2 Å². The summed E-state index contributed by atoms with van der Waals surface area (Å²) in [5.74, 6) is 2.27. The highest BCUT2D eigenvalue weighted by Crippen LogP contribution is 2.52. The van der Waals surface area contributed by atoms with Crippen LogP contribution in [-0.2, 0) is 6.61 Å². The summed E-state index contributed by atoms with van der Waals surface area (Å²) in [6.45, 7) is 0.433. The number of hydrogen-bond donors (Lipinski definition) is 1. The van der Waals surface area contributed by atoms with Gasteiger partial charge in [0.25, 0.3) is 0 Å². The molecule has 32 heavy (non-hydrogen) atoms. The molecule has 0 saturated carbocycles. The zero-order valence-corrected chi connectivity index (χ0v) is 21.4. The van der Waals surface area contributed by atoms with Gasteiger partial charge < -0.3 is 14.8 Å². The number of methoxy groups -OCH3 is 1. The highest BCUT2D eigenvalue weighted by Gasteiger charge is 2.39. The van der Waals surface area contributed by atoms with E-state index in [2.05, 4.69) is 79.7 Å². The maximum absolute atomic E-state index is 6.13. The fourth-order valence-corrected chi connectivity index (χ4v) is 5.91. The summed E-state index contributed by atoms with van der Waals surface area (Å²) >= 11 is 13.5. The quantitative estimate of drug-likeness (QED) is 0.311. The van der Waals surface area contributed by atoms with Crippen molar-refractivity contribution in [2.24, 2.45) is 5.92 Å². The summed E-state index contributed by atoms with van der Waals surface area (Å²) in [6, 6.07) is 18.5. The molecule has 1 heterocycles. The molecular formula is C26H22Br2ClNO2. The average molecular weight is 576 g/mol. The molecule has 2 aliphatic rings. The fraction of sp³-hybridized carbons (Fsp3) is 0.231. The predicted molar refractivity (Wildman–Crippen MR) is 137 cm³/mol. The molecule has 0 amide bonds. The number of allylic oxidation sites excluding steroid dienone is 2. The van der Waals surface area contributed by atoms with E-state index >= 15 is 0 Å². The van der Waals surface area contributed by atoms with Crippen LogP contribution in [0, 0.1) is 5.92 Å². The van der Waals surface area contributed by atoms with Gasteiger partial charge in [0.05, 0.1) is 23.3 Å². The van der Waals surface area contributed by atoms with Gasteiger partial charge in [-0.2, -0.15) is 0 Å². The monoisotopic (exact) mass is 573 g/mol. The number of fused-ring (bicyclic) bond motifs is 3. The number of benzene rings is 3. The number of halogens is 3. The van der Waals surface area contributed by atoms with Crippen LogP contribution in [0.1, 0.15) is 35.1 Å². The van der Waals surface area contributed by atoms with E-state index in [1.807, 2.05) is 24.3 Å². The third-order valence-electron chi connectivity index (χ3n) is 6.25. The van der Waals surface area contributed by atoms with Gasteiger partial charge in [-0.15, -0.1) is 0 Å². The van der Waals surface area contributed by atoms with E-state index < -0.39 is 0 Å². The van der Waals surface area contributed by atoms with E-state index in [1.54, 1.807) is 7.11 Å². The number of ether oxygens (including phenoxy) is 2. The normalized spacial score (nSPS) is 20.9. The van der Waals surface area contributed by atoms with Crippen LogP contribution in [0.4, 0.5) is 5.69 Å². The molecular weight excluding hydrogens is 554 g/mol. The molecule has 5 rings (SSSR count). The minimum Gasteiger partial charge on any atom is -0.493 e. The van der Waals surface area contributed by atoms with E-state index in [-0.39, 0.29) is 6.04 Å². The number of hydrogen-bond acceptors (Lipinski definition) is 3. The first kappa shape index (κ1) is 21.9. The van der Waals surface area contributed by atoms with Crippen molar-refractivity contribution in [3.05, 3.63) is 97.4 Å². The molecule has 3 aromatic rings. The van der Waals surface area contributed by atoms with Crippen LogP contribution < -0.4 is 14.8 Å². The van der Waals surface area contributed by atoms with Crippen molar-refractivity contribution < 1.29 is 9.47 Å². The SMILES string of the molecule is COc1cc([C@@H]2Nc3c(Br)cccc3[C@H]3C=CC[C@H]32)cc(Br)c1OCc1ccc(Cl)cc1. The number of para-hydroxylation sites is 1. The van der Waals surface area contributed by atoms with E-state index in [9.17, 15) is 0 Å². The maximum Gasteiger partial charge on any atom is 0.175 e. The molecule has 0 spiro atoms. The Kier molecular flexibility index (Phi) is 6.24. The third-order valence-corrected chi connectivity index (χ3v) is 7.76. The van der Waals surface area contributed by atoms with Gasteiger partial charge in [-0.25, -0.2) is 0 Å². The zero-order chi connectivity index (χ0) is 22.2. The minimum absolute atomic E-state index is 0.164. The van der Waals surface area contributed by atoms with Crippen LogP contribution in [0.2, 0.25) is 5.02 Å². The van der Waals surface area contributed by atoms with Gasteiger partial charge in [0.2, 0.25) is 0 Å². The fourth-order valence-electron chi connectivity index (χ4n) is 4.71. The predicted octanol–water partition coefficient (Wildman–Crippen LogP) is 8.28. The molecule has 0 unspecified atom stereocenters. The standard InChI is InChI=1S/C26H22Br2ClNO2/c1-31-23-13-16(12-22(28)26(23)32-14-15-8-10-17(29)11-9-15)24-19-5-2-4-18(19)20-6-3-7-21(27)25(20)30-24/h2-4,6-13,18-19,24,30H,5,14H2,1H3/t18-,19+,24-/m0/s1. The topological polar surface area (TPSA) is 30.5 Å². The summed E-state index contributed by atoms with van der Waals surface area (Å²) in [5.41, 5.74) is 4.74. The Labute approximate surface area is 210 Å². The van der Waals surface area contributed by atoms with Crippen molar-refractivity contribution in [2.75, 3.05) is 12.4 Å². The lowest BCUT2D eigenvalue weighted by Gasteiger charge is -2.38. The lowest BCUT2D eigenvalue weighted by atomic mass is 9.77. The molecule has 1 N–H and O–H groups in total. The van der Waals surface area contributed by atoms with Gasteiger partial charge in [0.15, 0.2) is 11.5 Å². The summed E-state index contributed by atoms with van der Waals surface area (Å²) in [4.78, 5) is 0. The first-order chi connectivity index (χ1) is 15.5. The van der Waals surface area contributed by atoms with Gasteiger partial charge in [-0.1, -0.05) is 48.0 Å². The third kappa shape index (κ3) is 4.07. The zero-order valence-electron chi connectivity index (χ0n) is 17.4. The van der Waals surface area contributed by atoms with Gasteiger partial charge in [0, 0.05) is 15.4 Å². The summed E-state index contributed by atoms with van der Waals surface area (Å²) in [7, 11) is 1.68. The maximum atomic E-state index is 6.13. The summed E-state index contributed by atoms with van der Waals surface area (Å²) < 4.78 is 13.8. The van der Waals surface area contributed by atoms with E-state index in [1.165, 1.54) is 16.8 Å². The van der Waals surface area contributed by atoms with Crippen LogP contribution in [0.15, 0.2) is 75.7 Å². The molecule has 0 bridgehead atoms. The molecule has 164 valence electrons. The van der Waals surface area contributed by atoms with Crippen molar-refractivity contribution in [1.82, 2.24) is 0 Å². The second-order valence-corrected chi connectivity index (χ2v) is 10.3. The molecule has 6 heteroatoms. The van der Waals surface area contributed by atoms with Crippen molar-refractivity contribution in [2.45, 2.75) is 25.0 Å². The number of nitrogens with one attached hydrogen (secondary N) is 1.